The van der Waals surface area contributed by atoms with Crippen LogP contribution in [0.5, 0.6) is 0 Å². The lowest BCUT2D eigenvalue weighted by atomic mass is 9.93. The molecule has 0 bridgehead atoms. The van der Waals surface area contributed by atoms with Gasteiger partial charge in [0.05, 0.1) is 16.2 Å². The van der Waals surface area contributed by atoms with E-state index in [9.17, 15) is 15.6 Å². The largest absolute Gasteiger partial charge is 0.361 e. The monoisotopic (exact) mass is 331 g/mol. The summed E-state index contributed by atoms with van der Waals surface area (Å²) in [4.78, 5) is 13.6. The van der Waals surface area contributed by atoms with Crippen LogP contribution in [0, 0.1) is 10.1 Å². The molecule has 7 heteroatoms. The fourth-order valence-corrected chi connectivity index (χ4v) is 2.43. The maximum atomic E-state index is 10.7. The Labute approximate surface area is 143 Å². The molecule has 1 atom stereocenters. The summed E-state index contributed by atoms with van der Waals surface area (Å²) in [6, 6.07) is 14.7. The van der Waals surface area contributed by atoms with Crippen molar-refractivity contribution in [3.63, 3.8) is 0 Å². The van der Waals surface area contributed by atoms with E-state index in [0.29, 0.717) is 11.4 Å². The summed E-state index contributed by atoms with van der Waals surface area (Å²) in [6.07, 6.45) is 5.44. The molecule has 2 aromatic carbocycles. The second-order valence-corrected chi connectivity index (χ2v) is 5.25. The smallest absolute Gasteiger partial charge is 0.329 e. The quantitative estimate of drug-likeness (QED) is 0.359. The van der Waals surface area contributed by atoms with Crippen LogP contribution in [0.4, 0.5) is 11.4 Å². The van der Waals surface area contributed by atoms with Gasteiger partial charge in [0.1, 0.15) is 0 Å². The lowest BCUT2D eigenvalue weighted by Crippen LogP contribution is -2.21. The minimum absolute atomic E-state index is 0.0107. The Morgan fingerprint density at radius 1 is 1.08 bits per heavy atom. The van der Waals surface area contributed by atoms with Crippen LogP contribution in [-0.4, -0.2) is 21.5 Å². The Bertz CT molecular complexity index is 924. The highest BCUT2D eigenvalue weighted by molar-refractivity contribution is 6.25. The molecule has 3 rings (SSSR count). The zero-order chi connectivity index (χ0) is 17.6. The van der Waals surface area contributed by atoms with E-state index in [1.807, 2.05) is 42.5 Å². The zero-order valence-electron chi connectivity index (χ0n) is 13.1. The number of hydrogen-bond donors (Lipinski definition) is 0. The fourth-order valence-electron chi connectivity index (χ4n) is 2.43. The first-order valence-electron chi connectivity index (χ1n) is 7.50. The summed E-state index contributed by atoms with van der Waals surface area (Å²) in [5.74, 6) is 0. The summed E-state index contributed by atoms with van der Waals surface area (Å²) in [6.45, 7) is 0. The summed E-state index contributed by atoms with van der Waals surface area (Å²) in [7, 11) is 0. The Kier molecular flexibility index (Phi) is 4.69. The second-order valence-electron chi connectivity index (χ2n) is 5.25. The predicted octanol–water partition coefficient (Wildman–Crippen LogP) is 4.37. The highest BCUT2D eigenvalue weighted by Gasteiger charge is 2.28. The van der Waals surface area contributed by atoms with Crippen LogP contribution in [-0.2, 0) is 0 Å². The minimum Gasteiger partial charge on any atom is -0.361 e. The number of azo groups is 1. The Morgan fingerprint density at radius 2 is 1.80 bits per heavy atom. The van der Waals surface area contributed by atoms with Gasteiger partial charge in [-0.2, -0.15) is 15.0 Å². The fraction of sp³-hybridized carbons (Fsp3) is 0.0556. The molecule has 0 amide bonds. The summed E-state index contributed by atoms with van der Waals surface area (Å²) in [5, 5.41) is 18.9. The molecule has 0 spiro atoms. The molecule has 0 N–H and O–H groups in total. The van der Waals surface area contributed by atoms with Crippen molar-refractivity contribution in [3.05, 3.63) is 94.0 Å². The lowest BCUT2D eigenvalue weighted by Gasteiger charge is -2.10. The van der Waals surface area contributed by atoms with Gasteiger partial charge in [-0.1, -0.05) is 36.4 Å². The number of non-ortho nitro benzene ring substituents is 1. The van der Waals surface area contributed by atoms with Crippen molar-refractivity contribution in [2.45, 2.75) is 6.04 Å². The molecule has 0 aromatic heterocycles. The molecular weight excluding hydrogens is 318 g/mol. The van der Waals surface area contributed by atoms with Gasteiger partial charge < -0.3 is 5.53 Å². The van der Waals surface area contributed by atoms with Gasteiger partial charge in [-0.3, -0.25) is 10.1 Å². The van der Waals surface area contributed by atoms with Crippen LogP contribution in [0.25, 0.3) is 11.1 Å². The molecule has 0 saturated carbocycles. The molecule has 1 unspecified atom stereocenters. The molecule has 122 valence electrons. The molecule has 7 nitrogen and oxygen atoms in total. The molecule has 2 aromatic rings. The topological polar surface area (TPSA) is 104 Å². The molecule has 0 aliphatic heterocycles. The van der Waals surface area contributed by atoms with Gasteiger partial charge in [0.15, 0.2) is 6.04 Å². The third-order valence-corrected chi connectivity index (χ3v) is 3.66. The third kappa shape index (κ3) is 3.63. The molecule has 0 saturated heterocycles. The van der Waals surface area contributed by atoms with Gasteiger partial charge in [0, 0.05) is 12.1 Å². The maximum Gasteiger partial charge on any atom is 0.329 e. The average Bonchev–Trinajstić information content (AvgIpc) is 2.67. The summed E-state index contributed by atoms with van der Waals surface area (Å²) >= 11 is 0. The number of nitro benzene ring substituents is 1. The number of allylic oxidation sites excluding steroid dienone is 2. The number of nitro groups is 1. The average molecular weight is 331 g/mol. The Morgan fingerprint density at radius 3 is 2.44 bits per heavy atom. The standard InChI is InChI=1S/C18H13N5O2/c19-20-18-16(13-5-2-1-3-6-13)7-4-8-17(18)22-21-14-9-11-15(12-10-14)23(24)25/h1-12,17H. The molecule has 1 aliphatic rings. The molecule has 0 fully saturated rings. The third-order valence-electron chi connectivity index (χ3n) is 3.66. The van der Waals surface area contributed by atoms with Crippen LogP contribution in [0.2, 0.25) is 0 Å². The van der Waals surface area contributed by atoms with Crippen molar-refractivity contribution in [1.82, 2.24) is 0 Å². The van der Waals surface area contributed by atoms with Crippen LogP contribution in [0.15, 0.2) is 83.1 Å². The van der Waals surface area contributed by atoms with Crippen LogP contribution < -0.4 is 0 Å². The lowest BCUT2D eigenvalue weighted by molar-refractivity contribution is -0.384. The first-order valence-corrected chi connectivity index (χ1v) is 7.50. The molecule has 1 aliphatic carbocycles. The van der Waals surface area contributed by atoms with Crippen molar-refractivity contribution < 1.29 is 9.71 Å². The van der Waals surface area contributed by atoms with Gasteiger partial charge in [-0.05, 0) is 29.8 Å². The zero-order valence-corrected chi connectivity index (χ0v) is 13.1. The highest BCUT2D eigenvalue weighted by Crippen LogP contribution is 2.24. The Hall–Kier alpha value is -3.70. The van der Waals surface area contributed by atoms with Gasteiger partial charge in [-0.25, -0.2) is 0 Å². The van der Waals surface area contributed by atoms with Crippen molar-refractivity contribution in [2.24, 2.45) is 10.2 Å². The summed E-state index contributed by atoms with van der Waals surface area (Å²) in [5.41, 5.74) is 12.0. The van der Waals surface area contributed by atoms with Gasteiger partial charge in [-0.15, -0.1) is 0 Å². The van der Waals surface area contributed by atoms with Gasteiger partial charge in [0.2, 0.25) is 0 Å². The number of hydrogen-bond acceptors (Lipinski definition) is 4. The van der Waals surface area contributed by atoms with Gasteiger partial charge >= 0.3 is 5.71 Å². The minimum atomic E-state index is -0.541. The second kappa shape index (κ2) is 7.25. The van der Waals surface area contributed by atoms with Crippen molar-refractivity contribution in [3.8, 4) is 0 Å². The van der Waals surface area contributed by atoms with E-state index in [2.05, 4.69) is 15.0 Å². The number of nitrogens with zero attached hydrogens (tertiary/aromatic N) is 5. The van der Waals surface area contributed by atoms with Crippen LogP contribution in [0.3, 0.4) is 0 Å². The maximum absolute atomic E-state index is 10.7. The normalized spacial score (nSPS) is 16.6. The summed E-state index contributed by atoms with van der Waals surface area (Å²) < 4.78 is 0. The molecular formula is C18H13N5O2. The first kappa shape index (κ1) is 16.2. The van der Waals surface area contributed by atoms with E-state index in [-0.39, 0.29) is 5.69 Å². The van der Waals surface area contributed by atoms with Crippen molar-refractivity contribution in [2.75, 3.05) is 0 Å². The predicted molar refractivity (Wildman–Crippen MR) is 93.6 cm³/mol. The number of rotatable bonds is 4. The van der Waals surface area contributed by atoms with E-state index >= 15 is 0 Å². The number of benzene rings is 2. The van der Waals surface area contributed by atoms with Gasteiger partial charge in [0.25, 0.3) is 5.69 Å². The van der Waals surface area contributed by atoms with Crippen molar-refractivity contribution in [1.29, 1.82) is 0 Å². The van der Waals surface area contributed by atoms with E-state index in [0.717, 1.165) is 11.1 Å². The Balaban J connectivity index is 1.83. The van der Waals surface area contributed by atoms with E-state index in [1.165, 1.54) is 24.3 Å². The van der Waals surface area contributed by atoms with E-state index < -0.39 is 11.0 Å². The van der Waals surface area contributed by atoms with E-state index in [4.69, 9.17) is 0 Å². The molecule has 0 heterocycles. The first-order chi connectivity index (χ1) is 12.2. The molecule has 0 radical (unpaired) electrons. The van der Waals surface area contributed by atoms with Crippen LogP contribution in [0.1, 0.15) is 5.56 Å². The SMILES string of the molecule is [N-]=[N+]=C1C(c2ccccc2)=CC=CC1N=Nc1ccc([N+](=O)[O-])cc1. The van der Waals surface area contributed by atoms with Crippen molar-refractivity contribution >= 4 is 22.7 Å². The van der Waals surface area contributed by atoms with E-state index in [1.54, 1.807) is 6.08 Å². The molecule has 25 heavy (non-hydrogen) atoms. The highest BCUT2D eigenvalue weighted by atomic mass is 16.6. The van der Waals surface area contributed by atoms with Crippen LogP contribution >= 0.6 is 0 Å².